The number of pyridine rings is 1. The Kier molecular flexibility index (Phi) is 5.20. The van der Waals surface area contributed by atoms with E-state index in [1.807, 2.05) is 38.1 Å². The molecule has 3 rings (SSSR count). The average molecular weight is 420 g/mol. The van der Waals surface area contributed by atoms with E-state index in [-0.39, 0.29) is 11.8 Å². The second kappa shape index (κ2) is 7.37. The summed E-state index contributed by atoms with van der Waals surface area (Å²) in [6.07, 6.45) is 3.21. The average Bonchev–Trinajstić information content (AvgIpc) is 3.02. The van der Waals surface area contributed by atoms with Gasteiger partial charge in [-0.15, -0.1) is 0 Å². The lowest BCUT2D eigenvalue weighted by atomic mass is 10.1. The number of halogens is 2. The highest BCUT2D eigenvalue weighted by Crippen LogP contribution is 2.25. The Hall–Kier alpha value is -2.18. The van der Waals surface area contributed by atoms with Crippen molar-refractivity contribution in [3.63, 3.8) is 0 Å². The molecule has 1 amide bonds. The van der Waals surface area contributed by atoms with Crippen molar-refractivity contribution in [2.24, 2.45) is 0 Å². The van der Waals surface area contributed by atoms with Crippen LogP contribution in [0.2, 0.25) is 5.02 Å². The number of amides is 1. The Labute approximate surface area is 159 Å². The number of aromatic nitrogens is 3. The molecule has 0 saturated heterocycles. The highest BCUT2D eigenvalue weighted by atomic mass is 79.9. The summed E-state index contributed by atoms with van der Waals surface area (Å²) in [6, 6.07) is 10.9. The molecule has 0 fully saturated rings. The standard InChI is InChI=1S/C18H16BrClN4O/c1-11(2)17-15(18(25)23-16-7-6-12(19)9-21-16)10-22-24(17)14-5-3-4-13(20)8-14/h3-11H,1-2H3,(H,21,23,25). The van der Waals surface area contributed by atoms with Crippen LogP contribution < -0.4 is 5.32 Å². The fourth-order valence-electron chi connectivity index (χ4n) is 2.54. The van der Waals surface area contributed by atoms with Gasteiger partial charge in [-0.2, -0.15) is 5.10 Å². The minimum Gasteiger partial charge on any atom is -0.306 e. The van der Waals surface area contributed by atoms with Crippen LogP contribution in [0.5, 0.6) is 0 Å². The van der Waals surface area contributed by atoms with Crippen LogP contribution >= 0.6 is 27.5 Å². The zero-order valence-electron chi connectivity index (χ0n) is 13.7. The van der Waals surface area contributed by atoms with E-state index in [9.17, 15) is 4.79 Å². The van der Waals surface area contributed by atoms with Gasteiger partial charge in [0.1, 0.15) is 5.82 Å². The topological polar surface area (TPSA) is 59.8 Å². The van der Waals surface area contributed by atoms with Crippen LogP contribution in [0, 0.1) is 0 Å². The van der Waals surface area contributed by atoms with Crippen LogP contribution in [0.25, 0.3) is 5.69 Å². The first-order chi connectivity index (χ1) is 12.0. The van der Waals surface area contributed by atoms with Gasteiger partial charge in [0.05, 0.1) is 23.1 Å². The van der Waals surface area contributed by atoms with E-state index < -0.39 is 0 Å². The predicted octanol–water partition coefficient (Wildman–Crippen LogP) is 5.06. The first kappa shape index (κ1) is 17.6. The Bertz CT molecular complexity index is 906. The van der Waals surface area contributed by atoms with Gasteiger partial charge < -0.3 is 5.32 Å². The summed E-state index contributed by atoms with van der Waals surface area (Å²) in [5.41, 5.74) is 2.15. The maximum absolute atomic E-state index is 12.7. The number of carbonyl (C=O) groups is 1. The molecule has 0 aliphatic rings. The van der Waals surface area contributed by atoms with Crippen LogP contribution in [0.15, 0.2) is 53.3 Å². The fourth-order valence-corrected chi connectivity index (χ4v) is 2.95. The Morgan fingerprint density at radius 1 is 1.24 bits per heavy atom. The zero-order chi connectivity index (χ0) is 18.0. The van der Waals surface area contributed by atoms with E-state index in [4.69, 9.17) is 11.6 Å². The van der Waals surface area contributed by atoms with Crippen LogP contribution in [0.4, 0.5) is 5.82 Å². The summed E-state index contributed by atoms with van der Waals surface area (Å²) in [6.45, 7) is 4.04. The van der Waals surface area contributed by atoms with E-state index in [0.29, 0.717) is 16.4 Å². The molecule has 1 N–H and O–H groups in total. The van der Waals surface area contributed by atoms with E-state index >= 15 is 0 Å². The van der Waals surface area contributed by atoms with Crippen molar-refractivity contribution in [1.29, 1.82) is 0 Å². The molecule has 0 saturated carbocycles. The monoisotopic (exact) mass is 418 g/mol. The second-order valence-electron chi connectivity index (χ2n) is 5.81. The number of carbonyl (C=O) groups excluding carboxylic acids is 1. The van der Waals surface area contributed by atoms with Gasteiger partial charge in [-0.1, -0.05) is 31.5 Å². The Morgan fingerprint density at radius 3 is 2.68 bits per heavy atom. The molecule has 0 spiro atoms. The van der Waals surface area contributed by atoms with E-state index in [1.54, 1.807) is 29.2 Å². The molecule has 7 heteroatoms. The summed E-state index contributed by atoms with van der Waals surface area (Å²) >= 11 is 9.41. The normalized spacial score (nSPS) is 10.9. The minimum absolute atomic E-state index is 0.0973. The first-order valence-corrected chi connectivity index (χ1v) is 8.89. The van der Waals surface area contributed by atoms with E-state index in [0.717, 1.165) is 15.9 Å². The SMILES string of the molecule is CC(C)c1c(C(=O)Nc2ccc(Br)cn2)cnn1-c1cccc(Cl)c1. The lowest BCUT2D eigenvalue weighted by Crippen LogP contribution is -2.16. The lowest BCUT2D eigenvalue weighted by Gasteiger charge is -2.13. The van der Waals surface area contributed by atoms with Gasteiger partial charge in [0.2, 0.25) is 0 Å². The van der Waals surface area contributed by atoms with E-state index in [2.05, 4.69) is 31.3 Å². The molecule has 3 aromatic rings. The maximum atomic E-state index is 12.7. The van der Waals surface area contributed by atoms with Gasteiger partial charge in [-0.3, -0.25) is 4.79 Å². The fraction of sp³-hybridized carbons (Fsp3) is 0.167. The summed E-state index contributed by atoms with van der Waals surface area (Å²) < 4.78 is 2.60. The van der Waals surface area contributed by atoms with Crippen LogP contribution in [-0.2, 0) is 0 Å². The number of nitrogens with one attached hydrogen (secondary N) is 1. The van der Waals surface area contributed by atoms with Crippen molar-refractivity contribution in [3.05, 3.63) is 69.5 Å². The van der Waals surface area contributed by atoms with Crippen LogP contribution in [0.1, 0.15) is 35.8 Å². The molecule has 0 radical (unpaired) electrons. The largest absolute Gasteiger partial charge is 0.306 e. The number of benzene rings is 1. The van der Waals surface area contributed by atoms with Gasteiger partial charge in [0.15, 0.2) is 0 Å². The first-order valence-electron chi connectivity index (χ1n) is 7.72. The lowest BCUT2D eigenvalue weighted by molar-refractivity contribution is 0.102. The number of nitrogens with zero attached hydrogens (tertiary/aromatic N) is 3. The molecule has 25 heavy (non-hydrogen) atoms. The third kappa shape index (κ3) is 3.91. The number of anilines is 1. The second-order valence-corrected chi connectivity index (χ2v) is 7.16. The van der Waals surface area contributed by atoms with E-state index in [1.165, 1.54) is 0 Å². The third-order valence-corrected chi connectivity index (χ3v) is 4.32. The molecule has 0 bridgehead atoms. The summed E-state index contributed by atoms with van der Waals surface area (Å²) in [4.78, 5) is 16.9. The van der Waals surface area contributed by atoms with Crippen molar-refractivity contribution in [2.45, 2.75) is 19.8 Å². The van der Waals surface area contributed by atoms with Gasteiger partial charge in [0, 0.05) is 15.7 Å². The Balaban J connectivity index is 1.96. The van der Waals surface area contributed by atoms with Crippen molar-refractivity contribution in [2.75, 3.05) is 5.32 Å². The molecule has 5 nitrogen and oxygen atoms in total. The molecule has 128 valence electrons. The molecule has 0 atom stereocenters. The van der Waals surface area contributed by atoms with Crippen LogP contribution in [-0.4, -0.2) is 20.7 Å². The number of hydrogen-bond donors (Lipinski definition) is 1. The number of hydrogen-bond acceptors (Lipinski definition) is 3. The maximum Gasteiger partial charge on any atom is 0.260 e. The molecule has 0 aliphatic heterocycles. The summed E-state index contributed by atoms with van der Waals surface area (Å²) in [5, 5.41) is 7.82. The molecule has 1 aromatic carbocycles. The highest BCUT2D eigenvalue weighted by molar-refractivity contribution is 9.10. The molecule has 2 aromatic heterocycles. The molecular formula is C18H16BrClN4O. The molecule has 0 unspecified atom stereocenters. The molecular weight excluding hydrogens is 404 g/mol. The van der Waals surface area contributed by atoms with Crippen LogP contribution in [0.3, 0.4) is 0 Å². The summed E-state index contributed by atoms with van der Waals surface area (Å²) in [7, 11) is 0. The predicted molar refractivity (Wildman–Crippen MR) is 103 cm³/mol. The number of rotatable bonds is 4. The quantitative estimate of drug-likeness (QED) is 0.643. The molecule has 0 aliphatic carbocycles. The minimum atomic E-state index is -0.244. The van der Waals surface area contributed by atoms with Gasteiger partial charge in [-0.25, -0.2) is 9.67 Å². The zero-order valence-corrected chi connectivity index (χ0v) is 16.0. The Morgan fingerprint density at radius 2 is 2.04 bits per heavy atom. The summed E-state index contributed by atoms with van der Waals surface area (Å²) in [5.74, 6) is 0.338. The highest BCUT2D eigenvalue weighted by Gasteiger charge is 2.21. The van der Waals surface area contributed by atoms with Gasteiger partial charge >= 0.3 is 0 Å². The van der Waals surface area contributed by atoms with Crippen molar-refractivity contribution in [3.8, 4) is 5.69 Å². The van der Waals surface area contributed by atoms with Crippen molar-refractivity contribution in [1.82, 2.24) is 14.8 Å². The third-order valence-electron chi connectivity index (χ3n) is 3.62. The van der Waals surface area contributed by atoms with Crippen molar-refractivity contribution < 1.29 is 4.79 Å². The van der Waals surface area contributed by atoms with Gasteiger partial charge in [-0.05, 0) is 52.2 Å². The van der Waals surface area contributed by atoms with Crippen molar-refractivity contribution >= 4 is 39.3 Å². The van der Waals surface area contributed by atoms with Gasteiger partial charge in [0.25, 0.3) is 5.91 Å². The smallest absolute Gasteiger partial charge is 0.260 e. The molecule has 2 heterocycles.